The molecule has 1 unspecified atom stereocenters. The Morgan fingerprint density at radius 3 is 2.47 bits per heavy atom. The summed E-state index contributed by atoms with van der Waals surface area (Å²) >= 11 is 6.02. The minimum atomic E-state index is -0.926. The molecule has 0 amide bonds. The van der Waals surface area contributed by atoms with Gasteiger partial charge in [0, 0.05) is 11.1 Å². The molecular formula is C12H16ClNO3. The van der Waals surface area contributed by atoms with Crippen LogP contribution in [-0.4, -0.2) is 23.7 Å². The van der Waals surface area contributed by atoms with Gasteiger partial charge in [0.25, 0.3) is 0 Å². The van der Waals surface area contributed by atoms with Gasteiger partial charge in [0.15, 0.2) is 0 Å². The molecule has 0 saturated carbocycles. The van der Waals surface area contributed by atoms with Crippen LogP contribution in [0.5, 0.6) is 5.75 Å². The molecule has 5 heteroatoms. The Morgan fingerprint density at radius 1 is 1.47 bits per heavy atom. The summed E-state index contributed by atoms with van der Waals surface area (Å²) in [7, 11) is 0. The van der Waals surface area contributed by atoms with Crippen molar-refractivity contribution < 1.29 is 14.6 Å². The molecule has 94 valence electrons. The van der Waals surface area contributed by atoms with Gasteiger partial charge in [-0.25, -0.2) is 0 Å². The lowest BCUT2D eigenvalue weighted by atomic mass is 10.1. The molecule has 0 aliphatic rings. The lowest BCUT2D eigenvalue weighted by molar-refractivity contribution is -0.137. The number of halogens is 1. The van der Waals surface area contributed by atoms with Crippen molar-refractivity contribution in [2.45, 2.75) is 26.3 Å². The zero-order chi connectivity index (χ0) is 13.0. The topological polar surface area (TPSA) is 72.5 Å². The number of aryl methyl sites for hydroxylation is 2. The molecule has 1 rings (SSSR count). The van der Waals surface area contributed by atoms with E-state index in [-0.39, 0.29) is 13.0 Å². The number of carbonyl (C=O) groups is 1. The first-order chi connectivity index (χ1) is 7.90. The van der Waals surface area contributed by atoms with Crippen LogP contribution in [-0.2, 0) is 4.79 Å². The van der Waals surface area contributed by atoms with Crippen molar-refractivity contribution in [2.75, 3.05) is 6.61 Å². The molecule has 3 N–H and O–H groups in total. The van der Waals surface area contributed by atoms with Gasteiger partial charge in [0.1, 0.15) is 12.4 Å². The summed E-state index contributed by atoms with van der Waals surface area (Å²) in [6, 6.07) is 3.11. The highest BCUT2D eigenvalue weighted by Crippen LogP contribution is 2.25. The highest BCUT2D eigenvalue weighted by molar-refractivity contribution is 6.32. The van der Waals surface area contributed by atoms with E-state index in [1.165, 1.54) is 0 Å². The second kappa shape index (κ2) is 5.89. The van der Waals surface area contributed by atoms with Gasteiger partial charge in [-0.15, -0.1) is 0 Å². The van der Waals surface area contributed by atoms with Gasteiger partial charge in [0.2, 0.25) is 0 Å². The van der Waals surface area contributed by atoms with Gasteiger partial charge in [0.05, 0.1) is 6.42 Å². The smallest absolute Gasteiger partial charge is 0.305 e. The third-order valence-electron chi connectivity index (χ3n) is 2.31. The van der Waals surface area contributed by atoms with Crippen molar-refractivity contribution in [1.82, 2.24) is 0 Å². The van der Waals surface area contributed by atoms with E-state index in [1.54, 1.807) is 0 Å². The van der Waals surface area contributed by atoms with E-state index in [0.717, 1.165) is 11.1 Å². The SMILES string of the molecule is Cc1cc(OCC(N)CC(=O)O)cc(C)c1Cl. The molecule has 4 nitrogen and oxygen atoms in total. The van der Waals surface area contributed by atoms with Crippen LogP contribution in [0.4, 0.5) is 0 Å². The summed E-state index contributed by atoms with van der Waals surface area (Å²) in [6.45, 7) is 3.95. The minimum absolute atomic E-state index is 0.106. The normalized spacial score (nSPS) is 12.2. The second-order valence-corrected chi connectivity index (χ2v) is 4.42. The Labute approximate surface area is 105 Å². The zero-order valence-corrected chi connectivity index (χ0v) is 10.6. The van der Waals surface area contributed by atoms with Crippen LogP contribution in [0, 0.1) is 13.8 Å². The Kier molecular flexibility index (Phi) is 4.78. The third-order valence-corrected chi connectivity index (χ3v) is 2.91. The van der Waals surface area contributed by atoms with Crippen LogP contribution in [0.3, 0.4) is 0 Å². The minimum Gasteiger partial charge on any atom is -0.492 e. The molecule has 0 fully saturated rings. The Bertz CT molecular complexity index is 397. The molecule has 1 aromatic rings. The summed E-state index contributed by atoms with van der Waals surface area (Å²) in [5.74, 6) is -0.269. The van der Waals surface area contributed by atoms with E-state index >= 15 is 0 Å². The number of hydrogen-bond donors (Lipinski definition) is 2. The van der Waals surface area contributed by atoms with Crippen LogP contribution >= 0.6 is 11.6 Å². The standard InChI is InChI=1S/C12H16ClNO3/c1-7-3-10(4-8(2)12(7)13)17-6-9(14)5-11(15)16/h3-4,9H,5-6,14H2,1-2H3,(H,15,16). The first kappa shape index (κ1) is 13.8. The number of ether oxygens (including phenoxy) is 1. The lowest BCUT2D eigenvalue weighted by Crippen LogP contribution is -2.30. The van der Waals surface area contributed by atoms with E-state index < -0.39 is 12.0 Å². The van der Waals surface area contributed by atoms with Crippen LogP contribution in [0.15, 0.2) is 12.1 Å². The first-order valence-electron chi connectivity index (χ1n) is 5.27. The maximum atomic E-state index is 10.4. The second-order valence-electron chi connectivity index (χ2n) is 4.04. The Balaban J connectivity index is 2.61. The molecule has 1 aromatic carbocycles. The number of rotatable bonds is 5. The fourth-order valence-corrected chi connectivity index (χ4v) is 1.59. The summed E-state index contributed by atoms with van der Waals surface area (Å²) in [5, 5.41) is 9.27. The summed E-state index contributed by atoms with van der Waals surface area (Å²) < 4.78 is 5.44. The molecule has 0 saturated heterocycles. The molecular weight excluding hydrogens is 242 g/mol. The largest absolute Gasteiger partial charge is 0.492 e. The van der Waals surface area contributed by atoms with Gasteiger partial charge < -0.3 is 15.6 Å². The van der Waals surface area contributed by atoms with Gasteiger partial charge >= 0.3 is 5.97 Å². The lowest BCUT2D eigenvalue weighted by Gasteiger charge is -2.13. The molecule has 0 aliphatic carbocycles. The van der Waals surface area contributed by atoms with E-state index in [0.29, 0.717) is 10.8 Å². The molecule has 0 radical (unpaired) electrons. The number of aliphatic carboxylic acids is 1. The molecule has 0 bridgehead atoms. The quantitative estimate of drug-likeness (QED) is 0.848. The maximum absolute atomic E-state index is 10.4. The third kappa shape index (κ3) is 4.24. The van der Waals surface area contributed by atoms with Crippen LogP contribution in [0.25, 0.3) is 0 Å². The van der Waals surface area contributed by atoms with E-state index in [4.69, 9.17) is 27.2 Å². The van der Waals surface area contributed by atoms with Crippen LogP contribution in [0.1, 0.15) is 17.5 Å². The van der Waals surface area contributed by atoms with Crippen LogP contribution < -0.4 is 10.5 Å². The van der Waals surface area contributed by atoms with Gasteiger partial charge in [-0.05, 0) is 37.1 Å². The maximum Gasteiger partial charge on any atom is 0.305 e. The predicted molar refractivity (Wildman–Crippen MR) is 66.6 cm³/mol. The molecule has 17 heavy (non-hydrogen) atoms. The Morgan fingerprint density at radius 2 is 2.00 bits per heavy atom. The summed E-state index contributed by atoms with van der Waals surface area (Å²) in [5.41, 5.74) is 7.45. The summed E-state index contributed by atoms with van der Waals surface area (Å²) in [6.07, 6.45) is -0.106. The predicted octanol–water partition coefficient (Wildman–Crippen LogP) is 2.14. The highest BCUT2D eigenvalue weighted by atomic mass is 35.5. The highest BCUT2D eigenvalue weighted by Gasteiger charge is 2.10. The Hall–Kier alpha value is -1.26. The number of carboxylic acids is 1. The average Bonchev–Trinajstić information content (AvgIpc) is 2.22. The van der Waals surface area contributed by atoms with Crippen LogP contribution in [0.2, 0.25) is 5.02 Å². The van der Waals surface area contributed by atoms with Crippen molar-refractivity contribution in [3.05, 3.63) is 28.3 Å². The number of hydrogen-bond acceptors (Lipinski definition) is 3. The van der Waals surface area contributed by atoms with E-state index in [9.17, 15) is 4.79 Å². The van der Waals surface area contributed by atoms with Crippen molar-refractivity contribution in [3.63, 3.8) is 0 Å². The number of nitrogens with two attached hydrogens (primary N) is 1. The number of benzene rings is 1. The van der Waals surface area contributed by atoms with E-state index in [1.807, 2.05) is 26.0 Å². The molecule has 0 aromatic heterocycles. The van der Waals surface area contributed by atoms with Gasteiger partial charge in [-0.3, -0.25) is 4.79 Å². The molecule has 1 atom stereocenters. The number of carboxylic acid groups (broad SMARTS) is 1. The fourth-order valence-electron chi connectivity index (χ4n) is 1.48. The van der Waals surface area contributed by atoms with Crippen molar-refractivity contribution >= 4 is 17.6 Å². The molecule has 0 heterocycles. The fraction of sp³-hybridized carbons (Fsp3) is 0.417. The molecule has 0 spiro atoms. The summed E-state index contributed by atoms with van der Waals surface area (Å²) in [4.78, 5) is 10.4. The van der Waals surface area contributed by atoms with E-state index in [2.05, 4.69) is 0 Å². The zero-order valence-electron chi connectivity index (χ0n) is 9.87. The first-order valence-corrected chi connectivity index (χ1v) is 5.65. The average molecular weight is 258 g/mol. The van der Waals surface area contributed by atoms with Gasteiger partial charge in [-0.2, -0.15) is 0 Å². The van der Waals surface area contributed by atoms with Gasteiger partial charge in [-0.1, -0.05) is 11.6 Å². The van der Waals surface area contributed by atoms with Crippen molar-refractivity contribution in [1.29, 1.82) is 0 Å². The molecule has 0 aliphatic heterocycles. The van der Waals surface area contributed by atoms with Crippen molar-refractivity contribution in [3.8, 4) is 5.75 Å². The monoisotopic (exact) mass is 257 g/mol. The van der Waals surface area contributed by atoms with Crippen molar-refractivity contribution in [2.24, 2.45) is 5.73 Å².